The lowest BCUT2D eigenvalue weighted by molar-refractivity contribution is -0.178. The van der Waals surface area contributed by atoms with E-state index < -0.39 is 9.84 Å². The van der Waals surface area contributed by atoms with Crippen molar-refractivity contribution in [1.29, 1.82) is 0 Å². The van der Waals surface area contributed by atoms with Gasteiger partial charge in [0, 0.05) is 6.42 Å². The molecular weight excluding hydrogens is 248 g/mol. The molecule has 0 aliphatic carbocycles. The zero-order valence-electron chi connectivity index (χ0n) is 8.79. The first kappa shape index (κ1) is 12.0. The van der Waals surface area contributed by atoms with Gasteiger partial charge in [-0.1, -0.05) is 6.07 Å². The first-order valence-electron chi connectivity index (χ1n) is 5.18. The summed E-state index contributed by atoms with van der Waals surface area (Å²) in [4.78, 5) is 0. The summed E-state index contributed by atoms with van der Waals surface area (Å²) >= 11 is 1.25. The number of hydrogen-bond donors (Lipinski definition) is 0. The second-order valence-electron chi connectivity index (χ2n) is 3.56. The van der Waals surface area contributed by atoms with Gasteiger partial charge in [0.1, 0.15) is 4.21 Å². The van der Waals surface area contributed by atoms with Crippen molar-refractivity contribution in [3.8, 4) is 0 Å². The van der Waals surface area contributed by atoms with E-state index in [0.717, 1.165) is 6.42 Å². The smallest absolute Gasteiger partial charge is 0.187 e. The van der Waals surface area contributed by atoms with Crippen LogP contribution in [0.1, 0.15) is 12.8 Å². The summed E-state index contributed by atoms with van der Waals surface area (Å²) in [5.74, 6) is 0.0815. The molecule has 6 heteroatoms. The first-order valence-corrected chi connectivity index (χ1v) is 7.71. The molecule has 0 amide bonds. The Bertz CT molecular complexity index is 404. The fourth-order valence-electron chi connectivity index (χ4n) is 1.50. The molecule has 4 nitrogen and oxygen atoms in total. The summed E-state index contributed by atoms with van der Waals surface area (Å²) in [5, 5.41) is 1.76. The third-order valence-corrected chi connectivity index (χ3v) is 5.55. The Morgan fingerprint density at radius 3 is 2.75 bits per heavy atom. The minimum absolute atomic E-state index is 0.0815. The van der Waals surface area contributed by atoms with E-state index in [0.29, 0.717) is 23.8 Å². The molecule has 1 fully saturated rings. The summed E-state index contributed by atoms with van der Waals surface area (Å²) < 4.78 is 34.7. The topological polar surface area (TPSA) is 52.6 Å². The van der Waals surface area contributed by atoms with Crippen molar-refractivity contribution in [3.63, 3.8) is 0 Å². The van der Waals surface area contributed by atoms with Gasteiger partial charge in [-0.2, -0.15) is 0 Å². The normalized spacial score (nSPS) is 18.8. The number of thiophene rings is 1. The molecule has 0 unspecified atom stereocenters. The number of hydrogen-bond acceptors (Lipinski definition) is 5. The molecule has 1 aliphatic rings. The Hall–Kier alpha value is -0.430. The summed E-state index contributed by atoms with van der Waals surface area (Å²) in [6.45, 7) is 1.31. The van der Waals surface area contributed by atoms with Crippen molar-refractivity contribution in [2.75, 3.05) is 19.0 Å². The van der Waals surface area contributed by atoms with Crippen LogP contribution >= 0.6 is 11.3 Å². The molecule has 0 spiro atoms. The summed E-state index contributed by atoms with van der Waals surface area (Å²) in [6.07, 6.45) is 0.928. The van der Waals surface area contributed by atoms with E-state index >= 15 is 0 Å². The Morgan fingerprint density at radius 2 is 2.12 bits per heavy atom. The molecule has 90 valence electrons. The van der Waals surface area contributed by atoms with Crippen LogP contribution in [0, 0.1) is 0 Å². The molecule has 2 heterocycles. The molecular formula is C10H14O4S2. The zero-order valence-corrected chi connectivity index (χ0v) is 10.4. The van der Waals surface area contributed by atoms with Crippen LogP contribution in [0.2, 0.25) is 0 Å². The van der Waals surface area contributed by atoms with Gasteiger partial charge < -0.3 is 9.47 Å². The van der Waals surface area contributed by atoms with Crippen molar-refractivity contribution in [3.05, 3.63) is 17.5 Å². The lowest BCUT2D eigenvalue weighted by Crippen LogP contribution is -2.27. The van der Waals surface area contributed by atoms with Gasteiger partial charge >= 0.3 is 0 Å². The van der Waals surface area contributed by atoms with Gasteiger partial charge in [-0.25, -0.2) is 8.42 Å². The zero-order chi connectivity index (χ0) is 11.4. The third kappa shape index (κ3) is 3.04. The highest BCUT2D eigenvalue weighted by molar-refractivity contribution is 7.93. The molecule has 0 radical (unpaired) electrons. The monoisotopic (exact) mass is 262 g/mol. The van der Waals surface area contributed by atoms with Gasteiger partial charge in [0.15, 0.2) is 16.1 Å². The molecule has 0 N–H and O–H groups in total. The van der Waals surface area contributed by atoms with E-state index in [9.17, 15) is 8.42 Å². The fourth-order valence-corrected chi connectivity index (χ4v) is 3.94. The van der Waals surface area contributed by atoms with Crippen LogP contribution < -0.4 is 0 Å². The number of sulfone groups is 1. The van der Waals surface area contributed by atoms with Crippen LogP contribution in [-0.2, 0) is 19.3 Å². The second-order valence-corrected chi connectivity index (χ2v) is 6.85. The van der Waals surface area contributed by atoms with Gasteiger partial charge in [-0.3, -0.25) is 0 Å². The maximum atomic E-state index is 11.8. The molecule has 16 heavy (non-hydrogen) atoms. The predicted molar refractivity (Wildman–Crippen MR) is 61.3 cm³/mol. The van der Waals surface area contributed by atoms with Crippen LogP contribution in [0.4, 0.5) is 0 Å². The Morgan fingerprint density at radius 1 is 1.38 bits per heavy atom. The minimum atomic E-state index is -3.16. The maximum absolute atomic E-state index is 11.8. The first-order chi connectivity index (χ1) is 7.68. The van der Waals surface area contributed by atoms with E-state index in [4.69, 9.17) is 9.47 Å². The van der Waals surface area contributed by atoms with Crippen LogP contribution in [0.15, 0.2) is 21.7 Å². The van der Waals surface area contributed by atoms with Gasteiger partial charge in [0.05, 0.1) is 19.0 Å². The third-order valence-electron chi connectivity index (χ3n) is 2.32. The van der Waals surface area contributed by atoms with Crippen molar-refractivity contribution in [2.45, 2.75) is 23.3 Å². The van der Waals surface area contributed by atoms with Crippen LogP contribution in [-0.4, -0.2) is 33.7 Å². The highest BCUT2D eigenvalue weighted by atomic mass is 32.2. The highest BCUT2D eigenvalue weighted by Gasteiger charge is 2.20. The van der Waals surface area contributed by atoms with Gasteiger partial charge in [0.25, 0.3) is 0 Å². The minimum Gasteiger partial charge on any atom is -0.353 e. The van der Waals surface area contributed by atoms with E-state index in [1.165, 1.54) is 11.3 Å². The van der Waals surface area contributed by atoms with E-state index in [-0.39, 0.29) is 12.0 Å². The molecule has 1 saturated heterocycles. The maximum Gasteiger partial charge on any atom is 0.187 e. The largest absolute Gasteiger partial charge is 0.353 e. The molecule has 0 bridgehead atoms. The summed E-state index contributed by atoms with van der Waals surface area (Å²) in [7, 11) is -3.16. The van der Waals surface area contributed by atoms with Gasteiger partial charge in [-0.15, -0.1) is 11.3 Å². The molecule has 2 rings (SSSR count). The SMILES string of the molecule is O=S(=O)(CCC1OCCCO1)c1cccs1. The molecule has 0 aromatic carbocycles. The predicted octanol–water partition coefficient (Wildman–Crippen LogP) is 1.67. The Kier molecular flexibility index (Phi) is 3.96. The molecule has 0 atom stereocenters. The highest BCUT2D eigenvalue weighted by Crippen LogP contribution is 2.19. The van der Waals surface area contributed by atoms with E-state index in [1.807, 2.05) is 0 Å². The Labute approximate surface area is 99.1 Å². The van der Waals surface area contributed by atoms with Crippen LogP contribution in [0.5, 0.6) is 0 Å². The molecule has 1 aromatic heterocycles. The van der Waals surface area contributed by atoms with Gasteiger partial charge in [0.2, 0.25) is 0 Å². The number of rotatable bonds is 4. The second kappa shape index (κ2) is 5.27. The lowest BCUT2D eigenvalue weighted by Gasteiger charge is -2.22. The van der Waals surface area contributed by atoms with Crippen molar-refractivity contribution in [2.24, 2.45) is 0 Å². The molecule has 1 aliphatic heterocycles. The van der Waals surface area contributed by atoms with Crippen molar-refractivity contribution < 1.29 is 17.9 Å². The van der Waals surface area contributed by atoms with Gasteiger partial charge in [-0.05, 0) is 17.9 Å². The standard InChI is InChI=1S/C10H14O4S2/c11-16(12,10-3-1-7-15-10)8-4-9-13-5-2-6-14-9/h1,3,7,9H,2,4-6,8H2. The van der Waals surface area contributed by atoms with E-state index in [1.54, 1.807) is 17.5 Å². The fraction of sp³-hybridized carbons (Fsp3) is 0.600. The summed E-state index contributed by atoms with van der Waals surface area (Å²) in [5.41, 5.74) is 0. The lowest BCUT2D eigenvalue weighted by atomic mass is 10.4. The number of ether oxygens (including phenoxy) is 2. The average Bonchev–Trinajstić information content (AvgIpc) is 2.82. The van der Waals surface area contributed by atoms with Crippen molar-refractivity contribution >= 4 is 21.2 Å². The van der Waals surface area contributed by atoms with Crippen LogP contribution in [0.25, 0.3) is 0 Å². The van der Waals surface area contributed by atoms with E-state index in [2.05, 4.69) is 0 Å². The Balaban J connectivity index is 1.89. The molecule has 0 saturated carbocycles. The van der Waals surface area contributed by atoms with Crippen molar-refractivity contribution in [1.82, 2.24) is 0 Å². The van der Waals surface area contributed by atoms with Crippen LogP contribution in [0.3, 0.4) is 0 Å². The average molecular weight is 262 g/mol. The summed E-state index contributed by atoms with van der Waals surface area (Å²) in [6, 6.07) is 3.37. The quantitative estimate of drug-likeness (QED) is 0.828. The molecule has 1 aromatic rings.